The highest BCUT2D eigenvalue weighted by molar-refractivity contribution is 6.42. The molecular weight excluding hydrogens is 400 g/mol. The van der Waals surface area contributed by atoms with Crippen LogP contribution in [0.25, 0.3) is 5.69 Å². The Morgan fingerprint density at radius 2 is 1.82 bits per heavy atom. The second kappa shape index (κ2) is 8.59. The first-order chi connectivity index (χ1) is 13.3. The Balaban J connectivity index is 1.71. The lowest BCUT2D eigenvalue weighted by molar-refractivity contribution is -0.120. The van der Waals surface area contributed by atoms with Gasteiger partial charge in [0.25, 0.3) is 0 Å². The minimum atomic E-state index is -0.334. The number of halogens is 3. The van der Waals surface area contributed by atoms with Gasteiger partial charge >= 0.3 is 0 Å². The first-order valence-corrected chi connectivity index (χ1v) is 9.31. The summed E-state index contributed by atoms with van der Waals surface area (Å²) in [5.74, 6) is -0.611. The van der Waals surface area contributed by atoms with Crippen molar-refractivity contribution in [2.45, 2.75) is 20.3 Å². The van der Waals surface area contributed by atoms with Gasteiger partial charge < -0.3 is 4.57 Å². The van der Waals surface area contributed by atoms with E-state index in [1.807, 2.05) is 30.5 Å². The Hall–Kier alpha value is -2.63. The SMILES string of the molecule is Cc1cc(/C=N\NC(=O)Cc2ccc(F)cc2)c(C)n1-c1ccc(Cl)c(Cl)c1. The second-order valence-corrected chi connectivity index (χ2v) is 7.17. The van der Waals surface area contributed by atoms with Crippen LogP contribution in [0.4, 0.5) is 4.39 Å². The molecule has 0 unspecified atom stereocenters. The minimum Gasteiger partial charge on any atom is -0.318 e. The summed E-state index contributed by atoms with van der Waals surface area (Å²) >= 11 is 12.1. The number of nitrogens with zero attached hydrogens (tertiary/aromatic N) is 2. The molecule has 3 aromatic rings. The van der Waals surface area contributed by atoms with Crippen LogP contribution in [0.2, 0.25) is 10.0 Å². The number of hydrogen-bond acceptors (Lipinski definition) is 2. The zero-order valence-corrected chi connectivity index (χ0v) is 16.9. The van der Waals surface area contributed by atoms with Gasteiger partial charge in [0.05, 0.1) is 22.7 Å². The van der Waals surface area contributed by atoms with E-state index in [0.29, 0.717) is 15.6 Å². The third-order valence-electron chi connectivity index (χ3n) is 4.30. The van der Waals surface area contributed by atoms with Crippen LogP contribution in [0.15, 0.2) is 53.6 Å². The average Bonchev–Trinajstić information content (AvgIpc) is 2.93. The van der Waals surface area contributed by atoms with Crippen molar-refractivity contribution in [3.05, 3.63) is 86.9 Å². The highest BCUT2D eigenvalue weighted by Crippen LogP contribution is 2.27. The average molecular weight is 418 g/mol. The molecular formula is C21H18Cl2FN3O. The summed E-state index contributed by atoms with van der Waals surface area (Å²) in [6.45, 7) is 3.93. The van der Waals surface area contributed by atoms with Gasteiger partial charge in [0.1, 0.15) is 5.82 Å². The predicted octanol–water partition coefficient (Wildman–Crippen LogP) is 5.23. The van der Waals surface area contributed by atoms with E-state index in [1.165, 1.54) is 12.1 Å². The van der Waals surface area contributed by atoms with Crippen molar-refractivity contribution in [2.24, 2.45) is 5.10 Å². The molecule has 1 N–H and O–H groups in total. The minimum absolute atomic E-state index is 0.125. The van der Waals surface area contributed by atoms with Gasteiger partial charge in [-0.2, -0.15) is 5.10 Å². The summed E-state index contributed by atoms with van der Waals surface area (Å²) < 4.78 is 14.9. The van der Waals surface area contributed by atoms with Crippen LogP contribution in [-0.4, -0.2) is 16.7 Å². The number of hydrogen-bond donors (Lipinski definition) is 1. The van der Waals surface area contributed by atoms with E-state index in [0.717, 1.165) is 22.6 Å². The molecule has 0 atom stereocenters. The van der Waals surface area contributed by atoms with Gasteiger partial charge in [-0.1, -0.05) is 35.3 Å². The van der Waals surface area contributed by atoms with Crippen LogP contribution in [0.3, 0.4) is 0 Å². The Morgan fingerprint density at radius 3 is 2.50 bits per heavy atom. The van der Waals surface area contributed by atoms with Crippen LogP contribution in [-0.2, 0) is 11.2 Å². The molecule has 0 aliphatic carbocycles. The molecule has 0 aliphatic rings. The zero-order chi connectivity index (χ0) is 20.3. The highest BCUT2D eigenvalue weighted by atomic mass is 35.5. The highest BCUT2D eigenvalue weighted by Gasteiger charge is 2.11. The van der Waals surface area contributed by atoms with E-state index in [1.54, 1.807) is 30.5 Å². The van der Waals surface area contributed by atoms with Gasteiger partial charge in [-0.25, -0.2) is 9.82 Å². The monoisotopic (exact) mass is 417 g/mol. The summed E-state index contributed by atoms with van der Waals surface area (Å²) in [7, 11) is 0. The molecule has 28 heavy (non-hydrogen) atoms. The van der Waals surface area contributed by atoms with Gasteiger partial charge in [-0.15, -0.1) is 0 Å². The lowest BCUT2D eigenvalue weighted by atomic mass is 10.1. The number of carbonyl (C=O) groups is 1. The van der Waals surface area contributed by atoms with Gasteiger partial charge in [0.2, 0.25) is 5.91 Å². The molecule has 144 valence electrons. The van der Waals surface area contributed by atoms with Crippen molar-refractivity contribution in [1.82, 2.24) is 9.99 Å². The third-order valence-corrected chi connectivity index (χ3v) is 5.04. The molecule has 0 aliphatic heterocycles. The Labute approximate surface area is 172 Å². The maximum Gasteiger partial charge on any atom is 0.244 e. The summed E-state index contributed by atoms with van der Waals surface area (Å²) in [5.41, 5.74) is 6.92. The van der Waals surface area contributed by atoms with E-state index in [4.69, 9.17) is 23.2 Å². The smallest absolute Gasteiger partial charge is 0.244 e. The first kappa shape index (κ1) is 20.1. The quantitative estimate of drug-likeness (QED) is 0.448. The van der Waals surface area contributed by atoms with E-state index in [9.17, 15) is 9.18 Å². The van der Waals surface area contributed by atoms with Crippen LogP contribution in [0.1, 0.15) is 22.5 Å². The number of hydrazone groups is 1. The number of rotatable bonds is 5. The summed E-state index contributed by atoms with van der Waals surface area (Å²) in [5, 5.41) is 5.02. The maximum atomic E-state index is 12.9. The number of aromatic nitrogens is 1. The van der Waals surface area contributed by atoms with E-state index in [-0.39, 0.29) is 18.1 Å². The number of aryl methyl sites for hydroxylation is 1. The Kier molecular flexibility index (Phi) is 6.17. The maximum absolute atomic E-state index is 12.9. The van der Waals surface area contributed by atoms with Gasteiger partial charge in [0, 0.05) is 22.6 Å². The lowest BCUT2D eigenvalue weighted by Crippen LogP contribution is -2.19. The van der Waals surface area contributed by atoms with E-state index >= 15 is 0 Å². The van der Waals surface area contributed by atoms with Crippen LogP contribution < -0.4 is 5.43 Å². The molecule has 3 rings (SSSR count). The lowest BCUT2D eigenvalue weighted by Gasteiger charge is -2.10. The predicted molar refractivity (Wildman–Crippen MR) is 111 cm³/mol. The van der Waals surface area contributed by atoms with Crippen molar-refractivity contribution < 1.29 is 9.18 Å². The molecule has 4 nitrogen and oxygen atoms in total. The first-order valence-electron chi connectivity index (χ1n) is 8.56. The van der Waals surface area contributed by atoms with Crippen molar-refractivity contribution in [3.63, 3.8) is 0 Å². The molecule has 1 aromatic heterocycles. The number of carbonyl (C=O) groups excluding carboxylic acids is 1. The van der Waals surface area contributed by atoms with Crippen LogP contribution in [0.5, 0.6) is 0 Å². The van der Waals surface area contributed by atoms with Crippen molar-refractivity contribution in [1.29, 1.82) is 0 Å². The van der Waals surface area contributed by atoms with Crippen molar-refractivity contribution in [2.75, 3.05) is 0 Å². The topological polar surface area (TPSA) is 46.4 Å². The molecule has 0 saturated heterocycles. The third kappa shape index (κ3) is 4.61. The molecule has 0 saturated carbocycles. The fourth-order valence-electron chi connectivity index (χ4n) is 2.94. The summed E-state index contributed by atoms with van der Waals surface area (Å²) in [4.78, 5) is 12.0. The second-order valence-electron chi connectivity index (χ2n) is 6.36. The van der Waals surface area contributed by atoms with Gasteiger partial charge in [-0.05, 0) is 55.8 Å². The Morgan fingerprint density at radius 1 is 1.11 bits per heavy atom. The standard InChI is InChI=1S/C21H18Cl2FN3O/c1-13-9-16(14(2)27(13)18-7-8-19(22)20(23)11-18)12-25-26-21(28)10-15-3-5-17(24)6-4-15/h3-9,11-12H,10H2,1-2H3,(H,26,28)/b25-12-. The normalized spacial score (nSPS) is 11.2. The number of benzene rings is 2. The molecule has 0 bridgehead atoms. The summed E-state index contributed by atoms with van der Waals surface area (Å²) in [6.07, 6.45) is 1.72. The fourth-order valence-corrected chi connectivity index (χ4v) is 3.23. The van der Waals surface area contributed by atoms with Crippen LogP contribution >= 0.6 is 23.2 Å². The number of nitrogens with one attached hydrogen (secondary N) is 1. The fraction of sp³-hybridized carbons (Fsp3) is 0.143. The van der Waals surface area contributed by atoms with Crippen LogP contribution in [0, 0.1) is 19.7 Å². The number of amides is 1. The Bertz CT molecular complexity index is 1040. The molecule has 2 aromatic carbocycles. The molecule has 0 spiro atoms. The van der Waals surface area contributed by atoms with E-state index < -0.39 is 0 Å². The van der Waals surface area contributed by atoms with Gasteiger partial charge in [0.15, 0.2) is 0 Å². The largest absolute Gasteiger partial charge is 0.318 e. The molecule has 0 radical (unpaired) electrons. The van der Waals surface area contributed by atoms with Crippen molar-refractivity contribution in [3.8, 4) is 5.69 Å². The van der Waals surface area contributed by atoms with Crippen molar-refractivity contribution >= 4 is 35.3 Å². The molecule has 7 heteroatoms. The molecule has 1 heterocycles. The molecule has 0 fully saturated rings. The zero-order valence-electron chi connectivity index (χ0n) is 15.3. The van der Waals surface area contributed by atoms with Gasteiger partial charge in [-0.3, -0.25) is 4.79 Å². The molecule has 1 amide bonds. The summed E-state index contributed by atoms with van der Waals surface area (Å²) in [6, 6.07) is 13.2. The van der Waals surface area contributed by atoms with E-state index in [2.05, 4.69) is 10.5 Å².